The molecular weight excluding hydrogens is 422 g/mol. The van der Waals surface area contributed by atoms with Crippen LogP contribution in [0.4, 0.5) is 33.9 Å². The van der Waals surface area contributed by atoms with E-state index in [1.54, 1.807) is 0 Å². The number of pyridine rings is 1. The molecule has 1 aliphatic heterocycles. The van der Waals surface area contributed by atoms with E-state index >= 15 is 0 Å². The second kappa shape index (κ2) is 7.05. The lowest BCUT2D eigenvalue weighted by molar-refractivity contribution is -0.141. The van der Waals surface area contributed by atoms with Gasteiger partial charge in [-0.25, -0.2) is 19.1 Å². The molecule has 12 heteroatoms. The summed E-state index contributed by atoms with van der Waals surface area (Å²) in [5.41, 5.74) is 0.506. The first-order valence-electron chi connectivity index (χ1n) is 8.57. The molecule has 0 spiro atoms. The maximum atomic E-state index is 14.2. The first kappa shape index (κ1) is 21.7. The van der Waals surface area contributed by atoms with Crippen LogP contribution in [0, 0.1) is 17.1 Å². The van der Waals surface area contributed by atoms with E-state index in [9.17, 15) is 31.9 Å². The Kier molecular flexibility index (Phi) is 4.93. The van der Waals surface area contributed by atoms with Gasteiger partial charge in [0.2, 0.25) is 0 Å². The van der Waals surface area contributed by atoms with Crippen LogP contribution in [0.25, 0.3) is 0 Å². The highest BCUT2D eigenvalue weighted by atomic mass is 19.4. The number of aromatic nitrogens is 1. The Hall–Kier alpha value is -4.01. The predicted molar refractivity (Wildman–Crippen MR) is 98.3 cm³/mol. The van der Waals surface area contributed by atoms with E-state index in [-0.39, 0.29) is 5.69 Å². The van der Waals surface area contributed by atoms with E-state index in [4.69, 9.17) is 11.0 Å². The van der Waals surface area contributed by atoms with Crippen LogP contribution < -0.4 is 15.5 Å². The number of hydrogen-bond acceptors (Lipinski definition) is 5. The molecular formula is C19H13F4N5O3. The smallest absolute Gasteiger partial charge is 0.366 e. The Bertz CT molecular complexity index is 1170. The average molecular weight is 435 g/mol. The number of amides is 4. The van der Waals surface area contributed by atoms with E-state index < -0.39 is 58.0 Å². The van der Waals surface area contributed by atoms with Crippen molar-refractivity contribution >= 4 is 29.4 Å². The number of rotatable bonds is 3. The van der Waals surface area contributed by atoms with Gasteiger partial charge in [0, 0.05) is 5.69 Å². The van der Waals surface area contributed by atoms with E-state index in [1.165, 1.54) is 26.0 Å². The zero-order valence-corrected chi connectivity index (χ0v) is 16.0. The minimum atomic E-state index is -5.00. The molecule has 2 N–H and O–H groups in total. The Morgan fingerprint density at radius 1 is 1.19 bits per heavy atom. The summed E-state index contributed by atoms with van der Waals surface area (Å²) in [7, 11) is 0. The number of halogens is 4. The summed E-state index contributed by atoms with van der Waals surface area (Å²) in [6.45, 7) is 2.61. The van der Waals surface area contributed by atoms with Gasteiger partial charge in [0.15, 0.2) is 5.69 Å². The Morgan fingerprint density at radius 2 is 1.84 bits per heavy atom. The maximum Gasteiger partial charge on any atom is 0.434 e. The summed E-state index contributed by atoms with van der Waals surface area (Å²) >= 11 is 0. The number of nitrogens with zero attached hydrogens (tertiary/aromatic N) is 4. The molecule has 1 saturated heterocycles. The number of primary amides is 1. The molecule has 0 radical (unpaired) electrons. The SMILES string of the molecule is CC1(C)C(=O)N(c2ccc(C#N)c(C(F)(F)F)n2)C(=O)N1c1ccc(C(N)=O)c(F)c1. The van der Waals surface area contributed by atoms with Gasteiger partial charge in [-0.2, -0.15) is 18.4 Å². The normalized spacial score (nSPS) is 15.9. The quantitative estimate of drug-likeness (QED) is 0.587. The summed E-state index contributed by atoms with van der Waals surface area (Å²) in [5, 5.41) is 8.89. The number of nitrogens with two attached hydrogens (primary N) is 1. The highest BCUT2D eigenvalue weighted by Crippen LogP contribution is 2.38. The standard InChI is InChI=1S/C19H13F4N5O3/c1-18(2)16(30)27(13-6-3-9(8-24)14(26-13)19(21,22)23)17(31)28(18)10-4-5-11(15(25)29)12(20)7-10/h3-7H,1-2H3,(H2,25,29). The number of benzene rings is 1. The third-order valence-corrected chi connectivity index (χ3v) is 4.64. The molecule has 2 heterocycles. The third kappa shape index (κ3) is 3.43. The largest absolute Gasteiger partial charge is 0.434 e. The molecule has 4 amide bonds. The number of nitriles is 1. The van der Waals surface area contributed by atoms with Crippen molar-refractivity contribution in [3.05, 3.63) is 53.0 Å². The summed E-state index contributed by atoms with van der Waals surface area (Å²) in [6.07, 6.45) is -5.00. The second-order valence-corrected chi connectivity index (χ2v) is 7.02. The van der Waals surface area contributed by atoms with Crippen molar-refractivity contribution in [1.29, 1.82) is 5.26 Å². The molecule has 1 aromatic carbocycles. The molecule has 2 aromatic rings. The monoisotopic (exact) mass is 435 g/mol. The fourth-order valence-electron chi connectivity index (χ4n) is 3.15. The fourth-order valence-corrected chi connectivity index (χ4v) is 3.15. The Morgan fingerprint density at radius 3 is 2.35 bits per heavy atom. The van der Waals surface area contributed by atoms with Crippen LogP contribution in [-0.2, 0) is 11.0 Å². The third-order valence-electron chi connectivity index (χ3n) is 4.64. The van der Waals surface area contributed by atoms with E-state index in [0.29, 0.717) is 4.90 Å². The van der Waals surface area contributed by atoms with Gasteiger partial charge in [-0.1, -0.05) is 0 Å². The van der Waals surface area contributed by atoms with Crippen LogP contribution in [0.5, 0.6) is 0 Å². The molecule has 0 atom stereocenters. The van der Waals surface area contributed by atoms with Gasteiger partial charge in [-0.3, -0.25) is 14.5 Å². The second-order valence-electron chi connectivity index (χ2n) is 7.02. The zero-order chi connectivity index (χ0) is 23.3. The number of carbonyl (C=O) groups excluding carboxylic acids is 3. The molecule has 1 fully saturated rings. The average Bonchev–Trinajstić information content (AvgIpc) is 2.84. The predicted octanol–water partition coefficient (Wildman–Crippen LogP) is 2.96. The lowest BCUT2D eigenvalue weighted by Gasteiger charge is -2.27. The number of carbonyl (C=O) groups is 3. The first-order chi connectivity index (χ1) is 14.3. The first-order valence-corrected chi connectivity index (χ1v) is 8.57. The number of alkyl halides is 3. The van der Waals surface area contributed by atoms with Gasteiger partial charge in [-0.15, -0.1) is 0 Å². The lowest BCUT2D eigenvalue weighted by Crippen LogP contribution is -2.44. The minimum absolute atomic E-state index is 0.127. The van der Waals surface area contributed by atoms with Crippen molar-refractivity contribution in [3.8, 4) is 6.07 Å². The van der Waals surface area contributed by atoms with E-state index in [1.807, 2.05) is 0 Å². The lowest BCUT2D eigenvalue weighted by atomic mass is 10.0. The number of anilines is 2. The highest BCUT2D eigenvalue weighted by molar-refractivity contribution is 6.29. The molecule has 0 unspecified atom stereocenters. The molecule has 1 aliphatic rings. The van der Waals surface area contributed by atoms with E-state index in [2.05, 4.69) is 4.98 Å². The van der Waals surface area contributed by atoms with Crippen LogP contribution in [0.15, 0.2) is 30.3 Å². The van der Waals surface area contributed by atoms with Gasteiger partial charge in [0.05, 0.1) is 11.1 Å². The van der Waals surface area contributed by atoms with Crippen molar-refractivity contribution in [3.63, 3.8) is 0 Å². The topological polar surface area (TPSA) is 120 Å². The fraction of sp³-hybridized carbons (Fsp3) is 0.211. The van der Waals surface area contributed by atoms with Crippen molar-refractivity contribution in [2.75, 3.05) is 9.80 Å². The molecule has 31 heavy (non-hydrogen) atoms. The molecule has 8 nitrogen and oxygen atoms in total. The molecule has 0 bridgehead atoms. The Balaban J connectivity index is 2.12. The van der Waals surface area contributed by atoms with Gasteiger partial charge in [0.1, 0.15) is 23.2 Å². The molecule has 1 aromatic heterocycles. The van der Waals surface area contributed by atoms with Gasteiger partial charge < -0.3 is 5.73 Å². The van der Waals surface area contributed by atoms with Crippen LogP contribution in [0.3, 0.4) is 0 Å². The van der Waals surface area contributed by atoms with Gasteiger partial charge >= 0.3 is 12.2 Å². The number of hydrogen-bond donors (Lipinski definition) is 1. The van der Waals surface area contributed by atoms with Crippen LogP contribution >= 0.6 is 0 Å². The van der Waals surface area contributed by atoms with Crippen LogP contribution in [0.1, 0.15) is 35.5 Å². The van der Waals surface area contributed by atoms with Crippen molar-refractivity contribution in [1.82, 2.24) is 4.98 Å². The summed E-state index contributed by atoms with van der Waals surface area (Å²) < 4.78 is 54.0. The van der Waals surface area contributed by atoms with Crippen LogP contribution in [-0.4, -0.2) is 28.4 Å². The minimum Gasteiger partial charge on any atom is -0.366 e. The summed E-state index contributed by atoms with van der Waals surface area (Å²) in [4.78, 5) is 41.7. The highest BCUT2D eigenvalue weighted by Gasteiger charge is 2.53. The van der Waals surface area contributed by atoms with Gasteiger partial charge in [0.25, 0.3) is 11.8 Å². The maximum absolute atomic E-state index is 14.2. The van der Waals surface area contributed by atoms with Crippen LogP contribution in [0.2, 0.25) is 0 Å². The molecule has 0 saturated carbocycles. The number of imide groups is 1. The van der Waals surface area contributed by atoms with Crippen molar-refractivity contribution in [2.45, 2.75) is 25.6 Å². The summed E-state index contributed by atoms with van der Waals surface area (Å²) in [6, 6.07) is 4.99. The number of urea groups is 1. The Labute approximate surface area is 172 Å². The van der Waals surface area contributed by atoms with Crippen molar-refractivity contribution in [2.24, 2.45) is 5.73 Å². The van der Waals surface area contributed by atoms with E-state index in [0.717, 1.165) is 29.2 Å². The zero-order valence-electron chi connectivity index (χ0n) is 16.0. The van der Waals surface area contributed by atoms with Crippen molar-refractivity contribution < 1.29 is 31.9 Å². The molecule has 160 valence electrons. The summed E-state index contributed by atoms with van der Waals surface area (Å²) in [5.74, 6) is -3.67. The molecule has 3 rings (SSSR count). The van der Waals surface area contributed by atoms with Gasteiger partial charge in [-0.05, 0) is 44.2 Å². The molecule has 0 aliphatic carbocycles.